The molecule has 3 aromatic heterocycles. The maximum Gasteiger partial charge on any atom is 0.217 e. The van der Waals surface area contributed by atoms with Gasteiger partial charge >= 0.3 is 0 Å². The van der Waals surface area contributed by atoms with Crippen molar-refractivity contribution < 1.29 is 0 Å². The van der Waals surface area contributed by atoms with Crippen LogP contribution in [0.1, 0.15) is 12.6 Å². The SMILES string of the molecule is CCn1c(NC#N)nc2cc3c(NCc4ccccn4)ncnc3cc21. The van der Waals surface area contributed by atoms with Gasteiger partial charge < -0.3 is 9.88 Å². The fraction of sp³-hybridized carbons (Fsp3) is 0.167. The molecule has 0 amide bonds. The standard InChI is InChI=1S/C18H16N8/c1-2-26-16-8-14-13(7-15(16)25-18(26)22-10-19)17(24-11-23-14)21-9-12-5-3-4-6-20-12/h3-8,11H,2,9H2,1H3,(H,22,25)(H,21,23,24). The van der Waals surface area contributed by atoms with Crippen LogP contribution in [0.15, 0.2) is 42.9 Å². The molecule has 1 aromatic carbocycles. The number of fused-ring (bicyclic) bond motifs is 2. The number of pyridine rings is 1. The fourth-order valence-electron chi connectivity index (χ4n) is 2.96. The molecule has 0 aliphatic rings. The van der Waals surface area contributed by atoms with Crippen LogP contribution in [0.5, 0.6) is 0 Å². The van der Waals surface area contributed by atoms with Crippen LogP contribution >= 0.6 is 0 Å². The lowest BCUT2D eigenvalue weighted by Gasteiger charge is -2.08. The van der Waals surface area contributed by atoms with Crippen molar-refractivity contribution in [3.63, 3.8) is 0 Å². The van der Waals surface area contributed by atoms with Gasteiger partial charge in [0.05, 0.1) is 28.8 Å². The summed E-state index contributed by atoms with van der Waals surface area (Å²) < 4.78 is 1.95. The average Bonchev–Trinajstić information content (AvgIpc) is 3.01. The number of rotatable bonds is 5. The first-order valence-corrected chi connectivity index (χ1v) is 8.24. The molecular formula is C18H16N8. The summed E-state index contributed by atoms with van der Waals surface area (Å²) >= 11 is 0. The van der Waals surface area contributed by atoms with E-state index < -0.39 is 0 Å². The van der Waals surface area contributed by atoms with Crippen molar-refractivity contribution in [2.75, 3.05) is 10.6 Å². The number of hydrogen-bond acceptors (Lipinski definition) is 7. The maximum absolute atomic E-state index is 8.92. The van der Waals surface area contributed by atoms with E-state index in [0.29, 0.717) is 19.0 Å². The van der Waals surface area contributed by atoms with Gasteiger partial charge in [-0.2, -0.15) is 5.26 Å². The van der Waals surface area contributed by atoms with Crippen molar-refractivity contribution in [3.8, 4) is 6.19 Å². The molecule has 0 bridgehead atoms. The Balaban J connectivity index is 1.78. The third kappa shape index (κ3) is 2.75. The van der Waals surface area contributed by atoms with E-state index >= 15 is 0 Å². The molecule has 2 N–H and O–H groups in total. The maximum atomic E-state index is 8.92. The van der Waals surface area contributed by atoms with Gasteiger partial charge in [0.15, 0.2) is 6.19 Å². The van der Waals surface area contributed by atoms with E-state index in [9.17, 15) is 0 Å². The van der Waals surface area contributed by atoms with Crippen LogP contribution in [0.4, 0.5) is 11.8 Å². The molecule has 0 fully saturated rings. The second-order valence-electron chi connectivity index (χ2n) is 5.67. The lowest BCUT2D eigenvalue weighted by molar-refractivity contribution is 0.797. The molecular weight excluding hydrogens is 328 g/mol. The van der Waals surface area contributed by atoms with Gasteiger partial charge in [-0.25, -0.2) is 15.0 Å². The van der Waals surface area contributed by atoms with Crippen LogP contribution < -0.4 is 10.6 Å². The van der Waals surface area contributed by atoms with Gasteiger partial charge in [-0.1, -0.05) is 6.07 Å². The quantitative estimate of drug-likeness (QED) is 0.424. The molecule has 8 nitrogen and oxygen atoms in total. The fourth-order valence-corrected chi connectivity index (χ4v) is 2.96. The number of benzene rings is 1. The minimum absolute atomic E-state index is 0.524. The third-order valence-corrected chi connectivity index (χ3v) is 4.15. The Morgan fingerprint density at radius 2 is 2.08 bits per heavy atom. The minimum atomic E-state index is 0.524. The van der Waals surface area contributed by atoms with Crippen molar-refractivity contribution in [2.45, 2.75) is 20.0 Å². The zero-order valence-corrected chi connectivity index (χ0v) is 14.1. The van der Waals surface area contributed by atoms with Gasteiger partial charge in [0.25, 0.3) is 0 Å². The number of nitrogens with zero attached hydrogens (tertiary/aromatic N) is 6. The smallest absolute Gasteiger partial charge is 0.217 e. The number of nitrogens with one attached hydrogen (secondary N) is 2. The molecule has 0 unspecified atom stereocenters. The van der Waals surface area contributed by atoms with Crippen molar-refractivity contribution in [2.24, 2.45) is 0 Å². The summed E-state index contributed by atoms with van der Waals surface area (Å²) in [7, 11) is 0. The lowest BCUT2D eigenvalue weighted by Crippen LogP contribution is -2.04. The van der Waals surface area contributed by atoms with Gasteiger partial charge in [0, 0.05) is 18.1 Å². The van der Waals surface area contributed by atoms with Gasteiger partial charge in [-0.3, -0.25) is 10.3 Å². The Morgan fingerprint density at radius 3 is 2.85 bits per heavy atom. The summed E-state index contributed by atoms with van der Waals surface area (Å²) in [5.41, 5.74) is 3.45. The zero-order chi connectivity index (χ0) is 17.9. The highest BCUT2D eigenvalue weighted by molar-refractivity contribution is 5.99. The molecule has 3 heterocycles. The predicted molar refractivity (Wildman–Crippen MR) is 99.3 cm³/mol. The van der Waals surface area contributed by atoms with E-state index in [1.54, 1.807) is 6.20 Å². The highest BCUT2D eigenvalue weighted by Gasteiger charge is 2.13. The Kier molecular flexibility index (Phi) is 4.03. The number of anilines is 2. The predicted octanol–water partition coefficient (Wildman–Crippen LogP) is 2.90. The zero-order valence-electron chi connectivity index (χ0n) is 14.1. The lowest BCUT2D eigenvalue weighted by atomic mass is 10.2. The summed E-state index contributed by atoms with van der Waals surface area (Å²) in [6.45, 7) is 3.27. The van der Waals surface area contributed by atoms with Crippen LogP contribution in [-0.2, 0) is 13.1 Å². The van der Waals surface area contributed by atoms with Crippen molar-refractivity contribution in [1.82, 2.24) is 24.5 Å². The van der Waals surface area contributed by atoms with Crippen LogP contribution in [0.25, 0.3) is 21.9 Å². The number of imidazole rings is 1. The van der Waals surface area contributed by atoms with Gasteiger partial charge in [0.2, 0.25) is 5.95 Å². The Bertz CT molecular complexity index is 1110. The second kappa shape index (κ2) is 6.64. The normalized spacial score (nSPS) is 10.8. The number of aryl methyl sites for hydroxylation is 1. The van der Waals surface area contributed by atoms with Gasteiger partial charge in [-0.15, -0.1) is 0 Å². The van der Waals surface area contributed by atoms with Gasteiger partial charge in [-0.05, 0) is 31.2 Å². The summed E-state index contributed by atoms with van der Waals surface area (Å²) in [6, 6.07) is 9.71. The summed E-state index contributed by atoms with van der Waals surface area (Å²) in [5.74, 6) is 1.25. The first-order chi connectivity index (χ1) is 12.8. The molecule has 0 aliphatic carbocycles. The van der Waals surface area contributed by atoms with E-state index in [4.69, 9.17) is 5.26 Å². The summed E-state index contributed by atoms with van der Waals surface area (Å²) in [5, 5.41) is 15.7. The van der Waals surface area contributed by atoms with Crippen molar-refractivity contribution >= 4 is 33.7 Å². The molecule has 0 aliphatic heterocycles. The van der Waals surface area contributed by atoms with Crippen molar-refractivity contribution in [3.05, 3.63) is 48.5 Å². The molecule has 4 aromatic rings. The van der Waals surface area contributed by atoms with E-state index in [2.05, 4.69) is 30.6 Å². The largest absolute Gasteiger partial charge is 0.364 e. The first-order valence-electron chi connectivity index (χ1n) is 8.24. The van der Waals surface area contributed by atoms with Gasteiger partial charge in [0.1, 0.15) is 12.1 Å². The molecule has 0 saturated heterocycles. The molecule has 8 heteroatoms. The van der Waals surface area contributed by atoms with Crippen LogP contribution in [0.2, 0.25) is 0 Å². The van der Waals surface area contributed by atoms with E-state index in [0.717, 1.165) is 33.4 Å². The van der Waals surface area contributed by atoms with E-state index in [1.807, 2.05) is 48.0 Å². The molecule has 0 radical (unpaired) electrons. The van der Waals surface area contributed by atoms with Crippen LogP contribution in [0, 0.1) is 11.5 Å². The van der Waals surface area contributed by atoms with Crippen molar-refractivity contribution in [1.29, 1.82) is 5.26 Å². The molecule has 0 spiro atoms. The Labute approximate surface area is 149 Å². The highest BCUT2D eigenvalue weighted by Crippen LogP contribution is 2.27. The summed E-state index contributed by atoms with van der Waals surface area (Å²) in [4.78, 5) is 17.6. The van der Waals surface area contributed by atoms with E-state index in [-0.39, 0.29) is 0 Å². The molecule has 0 saturated carbocycles. The monoisotopic (exact) mass is 344 g/mol. The highest BCUT2D eigenvalue weighted by atomic mass is 15.2. The topological polar surface area (TPSA) is 104 Å². The molecule has 128 valence electrons. The summed E-state index contributed by atoms with van der Waals surface area (Å²) in [6.07, 6.45) is 5.23. The molecule has 0 atom stereocenters. The Morgan fingerprint density at radius 1 is 1.15 bits per heavy atom. The second-order valence-corrected chi connectivity index (χ2v) is 5.67. The first kappa shape index (κ1) is 15.8. The molecule has 26 heavy (non-hydrogen) atoms. The average molecular weight is 344 g/mol. The molecule has 4 rings (SSSR count). The number of hydrogen-bond donors (Lipinski definition) is 2. The Hall–Kier alpha value is -3.73. The van der Waals surface area contributed by atoms with Crippen LogP contribution in [-0.4, -0.2) is 24.5 Å². The number of aromatic nitrogens is 5. The number of nitriles is 1. The minimum Gasteiger partial charge on any atom is -0.364 e. The third-order valence-electron chi connectivity index (χ3n) is 4.15. The van der Waals surface area contributed by atoms with Crippen LogP contribution in [0.3, 0.4) is 0 Å². The van der Waals surface area contributed by atoms with E-state index in [1.165, 1.54) is 6.33 Å².